The monoisotopic (exact) mass is 468 g/mol. The van der Waals surface area contributed by atoms with Crippen LogP contribution in [0.4, 0.5) is 5.69 Å². The molecule has 0 unspecified atom stereocenters. The average Bonchev–Trinajstić information content (AvgIpc) is 2.90. The SMILES string of the molecule is COc1cccc(C=C(C#N)C(=O)Nc2ccc3c(c2)OCCO3)c1OCC=Cc1ccccc1. The molecule has 1 N–H and O–H groups in total. The van der Waals surface area contributed by atoms with Crippen LogP contribution < -0.4 is 24.3 Å². The van der Waals surface area contributed by atoms with Gasteiger partial charge in [-0.05, 0) is 35.9 Å². The van der Waals surface area contributed by atoms with E-state index in [4.69, 9.17) is 18.9 Å². The van der Waals surface area contributed by atoms with E-state index in [0.717, 1.165) is 5.56 Å². The maximum Gasteiger partial charge on any atom is 0.266 e. The van der Waals surface area contributed by atoms with Gasteiger partial charge in [-0.15, -0.1) is 0 Å². The highest BCUT2D eigenvalue weighted by atomic mass is 16.6. The first kappa shape index (κ1) is 23.5. The molecule has 0 bridgehead atoms. The second-order valence-electron chi connectivity index (χ2n) is 7.49. The van der Waals surface area contributed by atoms with Crippen molar-refractivity contribution in [3.8, 4) is 29.1 Å². The van der Waals surface area contributed by atoms with E-state index in [1.54, 1.807) is 36.4 Å². The summed E-state index contributed by atoms with van der Waals surface area (Å²) in [5, 5.41) is 12.4. The predicted molar refractivity (Wildman–Crippen MR) is 134 cm³/mol. The fourth-order valence-corrected chi connectivity index (χ4v) is 3.47. The fraction of sp³-hybridized carbons (Fsp3) is 0.143. The topological polar surface area (TPSA) is 89.8 Å². The van der Waals surface area contributed by atoms with Crippen LogP contribution in [0.25, 0.3) is 12.2 Å². The van der Waals surface area contributed by atoms with E-state index in [0.29, 0.717) is 47.5 Å². The first-order valence-electron chi connectivity index (χ1n) is 11.0. The lowest BCUT2D eigenvalue weighted by Gasteiger charge is -2.19. The number of amides is 1. The number of fused-ring (bicyclic) bond motifs is 1. The lowest BCUT2D eigenvalue weighted by atomic mass is 10.1. The van der Waals surface area contributed by atoms with Gasteiger partial charge in [-0.1, -0.05) is 48.5 Å². The van der Waals surface area contributed by atoms with Gasteiger partial charge in [0.1, 0.15) is 31.5 Å². The van der Waals surface area contributed by atoms with Crippen molar-refractivity contribution in [2.45, 2.75) is 0 Å². The quantitative estimate of drug-likeness (QED) is 0.365. The molecule has 0 atom stereocenters. The van der Waals surface area contributed by atoms with Crippen molar-refractivity contribution in [2.75, 3.05) is 32.2 Å². The molecule has 35 heavy (non-hydrogen) atoms. The Morgan fingerprint density at radius 2 is 1.86 bits per heavy atom. The van der Waals surface area contributed by atoms with Gasteiger partial charge in [0, 0.05) is 17.3 Å². The predicted octanol–water partition coefficient (Wildman–Crippen LogP) is 5.10. The summed E-state index contributed by atoms with van der Waals surface area (Å²) < 4.78 is 22.4. The van der Waals surface area contributed by atoms with Gasteiger partial charge in [-0.3, -0.25) is 4.79 Å². The Morgan fingerprint density at radius 1 is 1.06 bits per heavy atom. The van der Waals surface area contributed by atoms with Gasteiger partial charge < -0.3 is 24.3 Å². The summed E-state index contributed by atoms with van der Waals surface area (Å²) in [7, 11) is 1.54. The number of hydrogen-bond donors (Lipinski definition) is 1. The van der Waals surface area contributed by atoms with Crippen molar-refractivity contribution in [3.05, 3.63) is 89.5 Å². The smallest absolute Gasteiger partial charge is 0.266 e. The van der Waals surface area contributed by atoms with Crippen molar-refractivity contribution in [2.24, 2.45) is 0 Å². The molecule has 3 aromatic rings. The molecule has 0 aliphatic carbocycles. The van der Waals surface area contributed by atoms with E-state index in [-0.39, 0.29) is 12.2 Å². The molecule has 0 fully saturated rings. The maximum absolute atomic E-state index is 12.8. The van der Waals surface area contributed by atoms with E-state index in [1.807, 2.05) is 48.6 Å². The minimum Gasteiger partial charge on any atom is -0.493 e. The summed E-state index contributed by atoms with van der Waals surface area (Å²) in [5.74, 6) is 1.54. The second kappa shape index (κ2) is 11.4. The fourth-order valence-electron chi connectivity index (χ4n) is 3.47. The Kier molecular flexibility index (Phi) is 7.66. The number of nitrogens with zero attached hydrogens (tertiary/aromatic N) is 1. The third-order valence-electron chi connectivity index (χ3n) is 5.13. The minimum absolute atomic E-state index is 0.0854. The van der Waals surface area contributed by atoms with Gasteiger partial charge >= 0.3 is 0 Å². The zero-order valence-corrected chi connectivity index (χ0v) is 19.2. The highest BCUT2D eigenvalue weighted by Crippen LogP contribution is 2.34. The van der Waals surface area contributed by atoms with Crippen LogP contribution in [0.3, 0.4) is 0 Å². The molecule has 0 saturated heterocycles. The number of anilines is 1. The summed E-state index contributed by atoms with van der Waals surface area (Å²) in [4.78, 5) is 12.8. The number of ether oxygens (including phenoxy) is 4. The molecule has 3 aromatic carbocycles. The average molecular weight is 469 g/mol. The summed E-state index contributed by atoms with van der Waals surface area (Å²) >= 11 is 0. The molecule has 0 radical (unpaired) electrons. The zero-order chi connectivity index (χ0) is 24.5. The lowest BCUT2D eigenvalue weighted by molar-refractivity contribution is -0.112. The standard InChI is InChI=1S/C28H24N2O5/c1-32-25-11-5-10-21(27(25)35-14-6-9-20-7-3-2-4-8-20)17-22(19-29)28(31)30-23-12-13-24-26(18-23)34-16-15-33-24/h2-13,17-18H,14-16H2,1H3,(H,30,31). The van der Waals surface area contributed by atoms with Crippen LogP contribution in [0.2, 0.25) is 0 Å². The molecule has 7 nitrogen and oxygen atoms in total. The number of benzene rings is 3. The van der Waals surface area contributed by atoms with Gasteiger partial charge in [0.25, 0.3) is 5.91 Å². The van der Waals surface area contributed by atoms with Crippen LogP contribution >= 0.6 is 0 Å². The first-order chi connectivity index (χ1) is 17.2. The van der Waals surface area contributed by atoms with E-state index in [9.17, 15) is 10.1 Å². The highest BCUT2D eigenvalue weighted by Gasteiger charge is 2.16. The molecule has 0 saturated carbocycles. The highest BCUT2D eigenvalue weighted by molar-refractivity contribution is 6.10. The van der Waals surface area contributed by atoms with Crippen molar-refractivity contribution in [1.29, 1.82) is 5.26 Å². The van der Waals surface area contributed by atoms with Gasteiger partial charge in [0.05, 0.1) is 7.11 Å². The molecule has 0 spiro atoms. The number of nitriles is 1. The third kappa shape index (κ3) is 6.01. The Balaban J connectivity index is 1.52. The van der Waals surface area contributed by atoms with E-state index < -0.39 is 5.91 Å². The second-order valence-corrected chi connectivity index (χ2v) is 7.49. The number of carbonyl (C=O) groups excluding carboxylic acids is 1. The first-order valence-corrected chi connectivity index (χ1v) is 11.0. The number of carbonyl (C=O) groups is 1. The molecule has 176 valence electrons. The van der Waals surface area contributed by atoms with E-state index in [1.165, 1.54) is 13.2 Å². The number of para-hydroxylation sites is 1. The number of methoxy groups -OCH3 is 1. The van der Waals surface area contributed by atoms with Crippen LogP contribution in [0.1, 0.15) is 11.1 Å². The van der Waals surface area contributed by atoms with Crippen molar-refractivity contribution < 1.29 is 23.7 Å². The summed E-state index contributed by atoms with van der Waals surface area (Å²) in [6.07, 6.45) is 5.31. The molecule has 4 rings (SSSR count). The molecule has 1 aliphatic rings. The molecule has 1 amide bonds. The van der Waals surface area contributed by atoms with E-state index >= 15 is 0 Å². The Hall–Kier alpha value is -4.70. The molecule has 1 heterocycles. The van der Waals surface area contributed by atoms with Crippen LogP contribution in [0.5, 0.6) is 23.0 Å². The largest absolute Gasteiger partial charge is 0.493 e. The van der Waals surface area contributed by atoms with Gasteiger partial charge in [0.15, 0.2) is 23.0 Å². The number of hydrogen-bond acceptors (Lipinski definition) is 6. The Morgan fingerprint density at radius 3 is 2.63 bits per heavy atom. The minimum atomic E-state index is -0.554. The molecule has 0 aromatic heterocycles. The molecular formula is C28H24N2O5. The Labute approximate surface area is 203 Å². The van der Waals surface area contributed by atoms with Crippen LogP contribution in [-0.2, 0) is 4.79 Å². The van der Waals surface area contributed by atoms with Gasteiger partial charge in [-0.25, -0.2) is 0 Å². The van der Waals surface area contributed by atoms with Crippen LogP contribution in [-0.4, -0.2) is 32.8 Å². The van der Waals surface area contributed by atoms with Crippen molar-refractivity contribution in [3.63, 3.8) is 0 Å². The summed E-state index contributed by atoms with van der Waals surface area (Å²) in [5.41, 5.74) is 2.01. The molecule has 7 heteroatoms. The zero-order valence-electron chi connectivity index (χ0n) is 19.2. The summed E-state index contributed by atoms with van der Waals surface area (Å²) in [6, 6.07) is 22.2. The number of nitrogens with one attached hydrogen (secondary N) is 1. The normalized spacial score (nSPS) is 12.6. The van der Waals surface area contributed by atoms with Crippen LogP contribution in [0.15, 0.2) is 78.4 Å². The number of rotatable bonds is 8. The summed E-state index contributed by atoms with van der Waals surface area (Å²) in [6.45, 7) is 1.20. The molecule has 1 aliphatic heterocycles. The molecular weight excluding hydrogens is 444 g/mol. The van der Waals surface area contributed by atoms with Crippen molar-refractivity contribution in [1.82, 2.24) is 0 Å². The maximum atomic E-state index is 12.8. The third-order valence-corrected chi connectivity index (χ3v) is 5.13. The van der Waals surface area contributed by atoms with Gasteiger partial charge in [0.2, 0.25) is 0 Å². The van der Waals surface area contributed by atoms with E-state index in [2.05, 4.69) is 5.32 Å². The lowest BCUT2D eigenvalue weighted by Crippen LogP contribution is -2.17. The Bertz CT molecular complexity index is 1290. The van der Waals surface area contributed by atoms with Crippen LogP contribution in [0, 0.1) is 11.3 Å². The van der Waals surface area contributed by atoms with Gasteiger partial charge in [-0.2, -0.15) is 5.26 Å². The van der Waals surface area contributed by atoms with Crippen molar-refractivity contribution >= 4 is 23.7 Å².